The van der Waals surface area contributed by atoms with Gasteiger partial charge in [0.05, 0.1) is 12.7 Å². The quantitative estimate of drug-likeness (QED) is 0.395. The average molecular weight is 286 g/mol. The van der Waals surface area contributed by atoms with Crippen molar-refractivity contribution in [3.05, 3.63) is 0 Å². The van der Waals surface area contributed by atoms with Gasteiger partial charge >= 0.3 is 0 Å². The first-order valence-electron chi connectivity index (χ1n) is 8.75. The van der Waals surface area contributed by atoms with Crippen LogP contribution in [0.2, 0.25) is 0 Å². The zero-order valence-electron chi connectivity index (χ0n) is 14.6. The van der Waals surface area contributed by atoms with Crippen molar-refractivity contribution in [1.29, 1.82) is 0 Å². The molecule has 20 heavy (non-hydrogen) atoms. The Balaban J connectivity index is 4.20. The van der Waals surface area contributed by atoms with E-state index in [4.69, 9.17) is 9.47 Å². The summed E-state index contributed by atoms with van der Waals surface area (Å²) in [7, 11) is 3.68. The summed E-state index contributed by atoms with van der Waals surface area (Å²) in [6.07, 6.45) is 12.0. The summed E-state index contributed by atoms with van der Waals surface area (Å²) in [6.45, 7) is 7.71. The Labute approximate surface area is 127 Å². The molecule has 2 heteroatoms. The summed E-state index contributed by atoms with van der Waals surface area (Å²) in [5.74, 6) is 1.43. The molecule has 2 nitrogen and oxygen atoms in total. The van der Waals surface area contributed by atoms with Crippen molar-refractivity contribution in [2.24, 2.45) is 11.8 Å². The van der Waals surface area contributed by atoms with Crippen LogP contribution in [-0.4, -0.2) is 26.9 Å². The molecule has 0 amide bonds. The van der Waals surface area contributed by atoms with E-state index in [1.54, 1.807) is 0 Å². The third kappa shape index (κ3) is 8.97. The van der Waals surface area contributed by atoms with Crippen LogP contribution >= 0.6 is 0 Å². The Morgan fingerprint density at radius 2 is 1.50 bits per heavy atom. The van der Waals surface area contributed by atoms with E-state index in [0.717, 1.165) is 12.5 Å². The third-order valence-electron chi connectivity index (χ3n) is 4.65. The molecule has 2 atom stereocenters. The summed E-state index contributed by atoms with van der Waals surface area (Å²) < 4.78 is 11.2. The second kappa shape index (κ2) is 13.9. The number of hydrogen-bond donors (Lipinski definition) is 0. The van der Waals surface area contributed by atoms with Gasteiger partial charge in [-0.3, -0.25) is 0 Å². The van der Waals surface area contributed by atoms with Crippen LogP contribution in [0.15, 0.2) is 0 Å². The molecular weight excluding hydrogens is 248 g/mol. The number of methoxy groups -OCH3 is 2. The van der Waals surface area contributed by atoms with Gasteiger partial charge in [-0.2, -0.15) is 0 Å². The van der Waals surface area contributed by atoms with Crippen molar-refractivity contribution in [2.45, 2.75) is 84.7 Å². The summed E-state index contributed by atoms with van der Waals surface area (Å²) in [5, 5.41) is 0. The lowest BCUT2D eigenvalue weighted by Crippen LogP contribution is -2.27. The molecule has 2 unspecified atom stereocenters. The van der Waals surface area contributed by atoms with Gasteiger partial charge in [0, 0.05) is 20.1 Å². The first-order chi connectivity index (χ1) is 9.73. The van der Waals surface area contributed by atoms with Gasteiger partial charge in [0.25, 0.3) is 0 Å². The molecule has 0 aromatic carbocycles. The number of ether oxygens (including phenoxy) is 2. The number of unbranched alkanes of at least 4 members (excludes halogenated alkanes) is 3. The van der Waals surface area contributed by atoms with Crippen LogP contribution in [0.25, 0.3) is 0 Å². The van der Waals surface area contributed by atoms with Crippen molar-refractivity contribution in [1.82, 2.24) is 0 Å². The van der Waals surface area contributed by atoms with Crippen molar-refractivity contribution in [2.75, 3.05) is 20.8 Å². The van der Waals surface area contributed by atoms with Crippen LogP contribution in [0, 0.1) is 11.8 Å². The van der Waals surface area contributed by atoms with Crippen molar-refractivity contribution in [3.63, 3.8) is 0 Å². The molecule has 0 N–H and O–H groups in total. The highest BCUT2D eigenvalue weighted by Gasteiger charge is 2.21. The topological polar surface area (TPSA) is 18.5 Å². The van der Waals surface area contributed by atoms with Crippen LogP contribution in [-0.2, 0) is 9.47 Å². The smallest absolute Gasteiger partial charge is 0.0621 e. The van der Waals surface area contributed by atoms with Gasteiger partial charge in [0.15, 0.2) is 0 Å². The zero-order valence-corrected chi connectivity index (χ0v) is 14.6. The molecule has 0 bridgehead atoms. The fourth-order valence-electron chi connectivity index (χ4n) is 3.06. The van der Waals surface area contributed by atoms with Crippen LogP contribution in [0.4, 0.5) is 0 Å². The SMILES string of the molecule is CCCCCCC(OC)C(CCC(CC)CC)COC. The molecule has 0 heterocycles. The first-order valence-corrected chi connectivity index (χ1v) is 8.75. The lowest BCUT2D eigenvalue weighted by atomic mass is 9.88. The maximum Gasteiger partial charge on any atom is 0.0621 e. The van der Waals surface area contributed by atoms with E-state index < -0.39 is 0 Å². The van der Waals surface area contributed by atoms with Gasteiger partial charge in [0.1, 0.15) is 0 Å². The molecule has 0 saturated carbocycles. The van der Waals surface area contributed by atoms with E-state index in [-0.39, 0.29) is 0 Å². The predicted molar refractivity (Wildman–Crippen MR) is 88.2 cm³/mol. The van der Waals surface area contributed by atoms with E-state index in [2.05, 4.69) is 20.8 Å². The molecule has 0 aromatic heterocycles. The predicted octanol–water partition coefficient (Wildman–Crippen LogP) is 5.45. The van der Waals surface area contributed by atoms with E-state index in [9.17, 15) is 0 Å². The van der Waals surface area contributed by atoms with Crippen LogP contribution in [0.3, 0.4) is 0 Å². The Hall–Kier alpha value is -0.0800. The van der Waals surface area contributed by atoms with E-state index in [1.807, 2.05) is 14.2 Å². The van der Waals surface area contributed by atoms with Crippen molar-refractivity contribution in [3.8, 4) is 0 Å². The Morgan fingerprint density at radius 1 is 0.800 bits per heavy atom. The van der Waals surface area contributed by atoms with Gasteiger partial charge in [-0.1, -0.05) is 65.7 Å². The highest BCUT2D eigenvalue weighted by atomic mass is 16.5. The highest BCUT2D eigenvalue weighted by Crippen LogP contribution is 2.24. The normalized spacial score (nSPS) is 14.7. The van der Waals surface area contributed by atoms with Crippen molar-refractivity contribution < 1.29 is 9.47 Å². The summed E-state index contributed by atoms with van der Waals surface area (Å²) >= 11 is 0. The lowest BCUT2D eigenvalue weighted by Gasteiger charge is -2.27. The highest BCUT2D eigenvalue weighted by molar-refractivity contribution is 4.72. The van der Waals surface area contributed by atoms with E-state index >= 15 is 0 Å². The fourth-order valence-corrected chi connectivity index (χ4v) is 3.06. The van der Waals surface area contributed by atoms with E-state index in [0.29, 0.717) is 12.0 Å². The van der Waals surface area contributed by atoms with E-state index in [1.165, 1.54) is 57.8 Å². The zero-order chi connectivity index (χ0) is 15.2. The number of hydrogen-bond acceptors (Lipinski definition) is 2. The third-order valence-corrected chi connectivity index (χ3v) is 4.65. The Morgan fingerprint density at radius 3 is 2.00 bits per heavy atom. The summed E-state index contributed by atoms with van der Waals surface area (Å²) in [5.41, 5.74) is 0. The maximum atomic E-state index is 5.76. The molecule has 0 aromatic rings. The Kier molecular flexibility index (Phi) is 13.8. The van der Waals surface area contributed by atoms with Crippen LogP contribution in [0.5, 0.6) is 0 Å². The molecule has 0 spiro atoms. The second-order valence-electron chi connectivity index (χ2n) is 6.10. The van der Waals surface area contributed by atoms with Gasteiger partial charge in [0.2, 0.25) is 0 Å². The second-order valence-corrected chi connectivity index (χ2v) is 6.10. The number of rotatable bonds is 14. The van der Waals surface area contributed by atoms with Gasteiger partial charge in [-0.25, -0.2) is 0 Å². The molecule has 0 aliphatic heterocycles. The molecular formula is C18H38O2. The molecule has 0 aliphatic carbocycles. The van der Waals surface area contributed by atoms with Crippen LogP contribution in [0.1, 0.15) is 78.6 Å². The molecule has 0 aliphatic rings. The van der Waals surface area contributed by atoms with Gasteiger partial charge in [-0.15, -0.1) is 0 Å². The average Bonchev–Trinajstić information content (AvgIpc) is 2.47. The Bertz CT molecular complexity index is 190. The molecule has 122 valence electrons. The largest absolute Gasteiger partial charge is 0.384 e. The minimum absolute atomic E-state index is 0.376. The maximum absolute atomic E-state index is 5.76. The first kappa shape index (κ1) is 19.9. The fraction of sp³-hybridized carbons (Fsp3) is 1.00. The van der Waals surface area contributed by atoms with Gasteiger partial charge < -0.3 is 9.47 Å². The molecule has 0 saturated heterocycles. The van der Waals surface area contributed by atoms with Gasteiger partial charge in [-0.05, 0) is 18.8 Å². The molecule has 0 rings (SSSR count). The van der Waals surface area contributed by atoms with Crippen molar-refractivity contribution >= 4 is 0 Å². The summed E-state index contributed by atoms with van der Waals surface area (Å²) in [6, 6.07) is 0. The monoisotopic (exact) mass is 286 g/mol. The summed E-state index contributed by atoms with van der Waals surface area (Å²) in [4.78, 5) is 0. The van der Waals surface area contributed by atoms with Crippen LogP contribution < -0.4 is 0 Å². The minimum Gasteiger partial charge on any atom is -0.384 e. The molecule has 0 radical (unpaired) electrons. The lowest BCUT2D eigenvalue weighted by molar-refractivity contribution is 0.00215. The standard InChI is InChI=1S/C18H38O2/c1-6-9-10-11-12-18(20-5)17(15-19-4)14-13-16(7-2)8-3/h16-18H,6-15H2,1-5H3. The minimum atomic E-state index is 0.376. The molecule has 0 fully saturated rings.